The van der Waals surface area contributed by atoms with Crippen molar-refractivity contribution in [2.24, 2.45) is 0 Å². The van der Waals surface area contributed by atoms with Gasteiger partial charge in [-0.05, 0) is 18.2 Å². The van der Waals surface area contributed by atoms with E-state index in [2.05, 4.69) is 4.98 Å². The number of thiazole rings is 1. The van der Waals surface area contributed by atoms with Gasteiger partial charge >= 0.3 is 0 Å². The summed E-state index contributed by atoms with van der Waals surface area (Å²) >= 11 is 8.84. The highest BCUT2D eigenvalue weighted by Gasteiger charge is 2.37. The molecule has 1 N–H and O–H groups in total. The van der Waals surface area contributed by atoms with Gasteiger partial charge in [0.05, 0.1) is 11.4 Å². The number of benzene rings is 2. The molecule has 0 bridgehead atoms. The third kappa shape index (κ3) is 3.13. The maximum Gasteiger partial charge on any atom is 0.240 e. The summed E-state index contributed by atoms with van der Waals surface area (Å²) in [6.45, 7) is 0. The Balaban J connectivity index is 1.69. The molecule has 1 aliphatic rings. The first kappa shape index (κ1) is 16.4. The normalized spacial score (nSPS) is 17.2. The Hall–Kier alpha value is -2.02. The van der Waals surface area contributed by atoms with E-state index < -0.39 is 0 Å². The highest BCUT2D eigenvalue weighted by molar-refractivity contribution is 8.00. The average Bonchev–Trinajstić information content (AvgIpc) is 3.23. The summed E-state index contributed by atoms with van der Waals surface area (Å²) in [5, 5.41) is 13.1. The van der Waals surface area contributed by atoms with Crippen LogP contribution in [-0.4, -0.2) is 21.8 Å². The molecule has 1 atom stereocenters. The van der Waals surface area contributed by atoms with E-state index in [1.54, 1.807) is 17.0 Å². The van der Waals surface area contributed by atoms with E-state index in [1.165, 1.54) is 23.1 Å². The summed E-state index contributed by atoms with van der Waals surface area (Å²) < 4.78 is 0. The van der Waals surface area contributed by atoms with Crippen LogP contribution in [0.5, 0.6) is 5.75 Å². The number of carbonyl (C=O) groups excluding carboxylic acids is 1. The Kier molecular flexibility index (Phi) is 4.41. The van der Waals surface area contributed by atoms with Crippen LogP contribution in [-0.2, 0) is 4.79 Å². The van der Waals surface area contributed by atoms with Gasteiger partial charge in [-0.1, -0.05) is 41.9 Å². The van der Waals surface area contributed by atoms with Crippen molar-refractivity contribution in [1.82, 2.24) is 4.98 Å². The Morgan fingerprint density at radius 3 is 2.68 bits per heavy atom. The monoisotopic (exact) mass is 388 g/mol. The van der Waals surface area contributed by atoms with Gasteiger partial charge < -0.3 is 5.11 Å². The molecule has 1 aromatic heterocycles. The summed E-state index contributed by atoms with van der Waals surface area (Å²) in [4.78, 5) is 18.7. The minimum atomic E-state index is -0.266. The van der Waals surface area contributed by atoms with E-state index in [0.717, 1.165) is 16.8 Å². The number of aromatic hydroxyl groups is 1. The molecule has 7 heteroatoms. The average molecular weight is 389 g/mol. The number of carbonyl (C=O) groups is 1. The summed E-state index contributed by atoms with van der Waals surface area (Å²) in [5.41, 5.74) is 2.48. The smallest absolute Gasteiger partial charge is 0.240 e. The summed E-state index contributed by atoms with van der Waals surface area (Å²) in [7, 11) is 0. The standard InChI is InChI=1S/C18H13ClN2O2S2/c19-12-7-5-11(6-8-12)14-9-25-18(20-14)21-16(23)10-24-17(21)13-3-1-2-4-15(13)22/h1-9,17,22H,10H2. The largest absolute Gasteiger partial charge is 0.508 e. The molecule has 0 spiro atoms. The first-order chi connectivity index (χ1) is 12.1. The van der Waals surface area contributed by atoms with Gasteiger partial charge in [0, 0.05) is 21.5 Å². The molecule has 1 amide bonds. The van der Waals surface area contributed by atoms with Crippen molar-refractivity contribution >= 4 is 45.7 Å². The SMILES string of the molecule is O=C1CSC(c2ccccc2O)N1c1nc(-c2ccc(Cl)cc2)cs1. The minimum absolute atomic E-state index is 0.00439. The van der Waals surface area contributed by atoms with Gasteiger partial charge in [-0.25, -0.2) is 4.98 Å². The number of hydrogen-bond acceptors (Lipinski definition) is 5. The highest BCUT2D eigenvalue weighted by Crippen LogP contribution is 2.45. The van der Waals surface area contributed by atoms with E-state index >= 15 is 0 Å². The van der Waals surface area contributed by atoms with Crippen molar-refractivity contribution in [2.45, 2.75) is 5.37 Å². The van der Waals surface area contributed by atoms with Crippen LogP contribution in [0.25, 0.3) is 11.3 Å². The first-order valence-corrected chi connectivity index (χ1v) is 9.87. The molecule has 2 aromatic carbocycles. The zero-order valence-corrected chi connectivity index (χ0v) is 15.3. The van der Waals surface area contributed by atoms with Crippen molar-refractivity contribution in [2.75, 3.05) is 10.7 Å². The number of para-hydroxylation sites is 1. The van der Waals surface area contributed by atoms with E-state index in [-0.39, 0.29) is 17.0 Å². The quantitative estimate of drug-likeness (QED) is 0.689. The Bertz CT molecular complexity index is 927. The van der Waals surface area contributed by atoms with Crippen molar-refractivity contribution in [3.63, 3.8) is 0 Å². The van der Waals surface area contributed by atoms with Crippen LogP contribution in [0, 0.1) is 0 Å². The Labute approximate surface area is 158 Å². The molecule has 4 nitrogen and oxygen atoms in total. The minimum Gasteiger partial charge on any atom is -0.508 e. The van der Waals surface area contributed by atoms with E-state index in [1.807, 2.05) is 41.8 Å². The van der Waals surface area contributed by atoms with E-state index in [0.29, 0.717) is 15.9 Å². The molecule has 126 valence electrons. The van der Waals surface area contributed by atoms with E-state index in [9.17, 15) is 9.90 Å². The van der Waals surface area contributed by atoms with Gasteiger partial charge in [0.1, 0.15) is 11.1 Å². The lowest BCUT2D eigenvalue weighted by Gasteiger charge is -2.22. The predicted octanol–water partition coefficient (Wildman–Crippen LogP) is 4.95. The molecular formula is C18H13ClN2O2S2. The summed E-state index contributed by atoms with van der Waals surface area (Å²) in [6, 6.07) is 14.5. The predicted molar refractivity (Wildman–Crippen MR) is 103 cm³/mol. The zero-order chi connectivity index (χ0) is 17.4. The third-order valence-corrected chi connectivity index (χ3v) is 6.19. The number of amides is 1. The summed E-state index contributed by atoms with van der Waals surface area (Å²) in [5.74, 6) is 0.555. The number of nitrogens with zero attached hydrogens (tertiary/aromatic N) is 2. The topological polar surface area (TPSA) is 53.4 Å². The fourth-order valence-corrected chi connectivity index (χ4v) is 4.94. The molecule has 1 aliphatic heterocycles. The second kappa shape index (κ2) is 6.71. The summed E-state index contributed by atoms with van der Waals surface area (Å²) in [6.07, 6.45) is 0. The van der Waals surface area contributed by atoms with E-state index in [4.69, 9.17) is 11.6 Å². The van der Waals surface area contributed by atoms with Crippen LogP contribution in [0.4, 0.5) is 5.13 Å². The molecule has 1 unspecified atom stereocenters. The maximum atomic E-state index is 12.4. The lowest BCUT2D eigenvalue weighted by atomic mass is 10.2. The molecule has 25 heavy (non-hydrogen) atoms. The number of phenols is 1. The number of hydrogen-bond donors (Lipinski definition) is 1. The number of halogens is 1. The fraction of sp³-hybridized carbons (Fsp3) is 0.111. The first-order valence-electron chi connectivity index (χ1n) is 7.56. The number of aromatic nitrogens is 1. The van der Waals surface area contributed by atoms with Gasteiger partial charge in [0.25, 0.3) is 0 Å². The maximum absolute atomic E-state index is 12.4. The van der Waals surface area contributed by atoms with Crippen LogP contribution in [0.2, 0.25) is 5.02 Å². The van der Waals surface area contributed by atoms with Gasteiger partial charge in [-0.2, -0.15) is 0 Å². The van der Waals surface area contributed by atoms with Gasteiger partial charge in [0.15, 0.2) is 5.13 Å². The van der Waals surface area contributed by atoms with Crippen molar-refractivity contribution in [1.29, 1.82) is 0 Å². The Morgan fingerprint density at radius 1 is 1.16 bits per heavy atom. The molecule has 1 fully saturated rings. The second-order valence-corrected chi connectivity index (χ2v) is 7.85. The zero-order valence-electron chi connectivity index (χ0n) is 12.9. The van der Waals surface area contributed by atoms with Crippen LogP contribution in [0.15, 0.2) is 53.9 Å². The van der Waals surface area contributed by atoms with Crippen molar-refractivity contribution in [3.05, 3.63) is 64.5 Å². The number of phenolic OH excluding ortho intramolecular Hbond substituents is 1. The van der Waals surface area contributed by atoms with Gasteiger partial charge in [-0.3, -0.25) is 9.69 Å². The van der Waals surface area contributed by atoms with Crippen LogP contribution in [0.1, 0.15) is 10.9 Å². The number of thioether (sulfide) groups is 1. The van der Waals surface area contributed by atoms with Crippen molar-refractivity contribution < 1.29 is 9.90 Å². The molecule has 3 aromatic rings. The van der Waals surface area contributed by atoms with Crippen molar-refractivity contribution in [3.8, 4) is 17.0 Å². The molecule has 1 saturated heterocycles. The molecular weight excluding hydrogens is 376 g/mol. The molecule has 0 radical (unpaired) electrons. The third-order valence-electron chi connectivity index (χ3n) is 3.91. The number of anilines is 1. The molecule has 0 saturated carbocycles. The van der Waals surface area contributed by atoms with Gasteiger partial charge in [0.2, 0.25) is 5.91 Å². The lowest BCUT2D eigenvalue weighted by Crippen LogP contribution is -2.27. The second-order valence-electron chi connectivity index (χ2n) is 5.51. The fourth-order valence-electron chi connectivity index (χ4n) is 2.69. The van der Waals surface area contributed by atoms with Gasteiger partial charge in [-0.15, -0.1) is 23.1 Å². The van der Waals surface area contributed by atoms with Crippen LogP contribution >= 0.6 is 34.7 Å². The van der Waals surface area contributed by atoms with Crippen LogP contribution < -0.4 is 4.90 Å². The highest BCUT2D eigenvalue weighted by atomic mass is 35.5. The lowest BCUT2D eigenvalue weighted by molar-refractivity contribution is -0.115. The number of rotatable bonds is 3. The molecule has 2 heterocycles. The Morgan fingerprint density at radius 2 is 1.92 bits per heavy atom. The molecule has 0 aliphatic carbocycles. The molecule has 4 rings (SSSR count). The van der Waals surface area contributed by atoms with Crippen LogP contribution in [0.3, 0.4) is 0 Å².